The Kier molecular flexibility index (Phi) is 6.53. The number of halogens is 4. The van der Waals surface area contributed by atoms with Gasteiger partial charge in [0.15, 0.2) is 5.78 Å². The molecule has 3 aromatic rings. The van der Waals surface area contributed by atoms with Crippen LogP contribution in [0.2, 0.25) is 0 Å². The van der Waals surface area contributed by atoms with E-state index in [1.807, 2.05) is 0 Å². The molecule has 1 amide bonds. The summed E-state index contributed by atoms with van der Waals surface area (Å²) in [5.41, 5.74) is 0.943. The molecule has 0 unspecified atom stereocenters. The van der Waals surface area contributed by atoms with Gasteiger partial charge in [0.05, 0.1) is 51.2 Å². The molecule has 1 saturated carbocycles. The van der Waals surface area contributed by atoms with Gasteiger partial charge in [-0.25, -0.2) is 0 Å². The lowest BCUT2D eigenvalue weighted by atomic mass is 9.98. The van der Waals surface area contributed by atoms with E-state index in [2.05, 4.69) is 36.5 Å². The minimum Gasteiger partial charge on any atom is -0.354 e. The lowest BCUT2D eigenvalue weighted by Crippen LogP contribution is -2.33. The number of benzene rings is 1. The molecule has 0 bridgehead atoms. The highest BCUT2D eigenvalue weighted by molar-refractivity contribution is 9.10. The number of nitrogens with one attached hydrogen (secondary N) is 2. The van der Waals surface area contributed by atoms with Crippen LogP contribution in [0.4, 0.5) is 24.5 Å². The van der Waals surface area contributed by atoms with Crippen LogP contribution in [0.15, 0.2) is 52.7 Å². The minimum absolute atomic E-state index is 0.0881. The average molecular weight is 539 g/mol. The van der Waals surface area contributed by atoms with Crippen LogP contribution in [-0.4, -0.2) is 21.7 Å². The summed E-state index contributed by atoms with van der Waals surface area (Å²) in [6, 6.07) is 7.08. The zero-order valence-corrected chi connectivity index (χ0v) is 19.5. The van der Waals surface area contributed by atoms with Crippen LogP contribution < -0.4 is 10.6 Å². The van der Waals surface area contributed by atoms with Gasteiger partial charge in [-0.3, -0.25) is 19.6 Å². The molecule has 6 nitrogen and oxygen atoms in total. The van der Waals surface area contributed by atoms with Gasteiger partial charge in [0.25, 0.3) is 0 Å². The number of nitrogens with zero attached hydrogens (tertiary/aromatic N) is 2. The number of hydrogen-bond acceptors (Lipinski definition) is 6. The number of anilines is 2. The van der Waals surface area contributed by atoms with Crippen LogP contribution >= 0.6 is 27.3 Å². The summed E-state index contributed by atoms with van der Waals surface area (Å²) in [4.78, 5) is 33.6. The maximum atomic E-state index is 13.3. The largest absolute Gasteiger partial charge is 0.418 e. The fourth-order valence-electron chi connectivity index (χ4n) is 3.36. The van der Waals surface area contributed by atoms with E-state index in [4.69, 9.17) is 0 Å². The Labute approximate surface area is 199 Å². The zero-order chi connectivity index (χ0) is 23.6. The number of hydrogen-bond donors (Lipinski definition) is 2. The third kappa shape index (κ3) is 5.59. The van der Waals surface area contributed by atoms with E-state index in [1.165, 1.54) is 35.9 Å². The van der Waals surface area contributed by atoms with Crippen molar-refractivity contribution in [2.75, 3.05) is 5.32 Å². The minimum atomic E-state index is -4.51. The zero-order valence-electron chi connectivity index (χ0n) is 17.1. The number of rotatable bonds is 8. The number of amides is 1. The van der Waals surface area contributed by atoms with Gasteiger partial charge in [0.1, 0.15) is 0 Å². The predicted octanol–water partition coefficient (Wildman–Crippen LogP) is 5.73. The molecule has 172 valence electrons. The molecule has 2 aromatic heterocycles. The fraction of sp³-hybridized carbons (Fsp3) is 0.273. The first kappa shape index (κ1) is 23.4. The van der Waals surface area contributed by atoms with Gasteiger partial charge in [0.2, 0.25) is 5.91 Å². The molecule has 4 rings (SSSR count). The Bertz CT molecular complexity index is 1160. The Morgan fingerprint density at radius 3 is 2.55 bits per heavy atom. The quantitative estimate of drug-likeness (QED) is 0.357. The first-order valence-corrected chi connectivity index (χ1v) is 11.6. The highest BCUT2D eigenvalue weighted by atomic mass is 79.9. The fourth-order valence-corrected chi connectivity index (χ4v) is 4.28. The number of Topliss-reactive ketones (excluding diaryl/α,β-unsaturated/α-hetero) is 1. The summed E-state index contributed by atoms with van der Waals surface area (Å²) in [6.07, 6.45) is -0.158. The summed E-state index contributed by atoms with van der Waals surface area (Å²) < 4.78 is 40.2. The Balaban J connectivity index is 1.35. The van der Waals surface area contributed by atoms with Crippen LogP contribution in [0.1, 0.15) is 40.2 Å². The summed E-state index contributed by atoms with van der Waals surface area (Å²) in [6.45, 7) is 0.154. The third-order valence-electron chi connectivity index (χ3n) is 5.36. The molecule has 0 spiro atoms. The van der Waals surface area contributed by atoms with Crippen LogP contribution in [-0.2, 0) is 17.5 Å². The molecule has 0 saturated heterocycles. The number of alkyl halides is 3. The smallest absolute Gasteiger partial charge is 0.354 e. The molecular weight excluding hydrogens is 521 g/mol. The van der Waals surface area contributed by atoms with Crippen LogP contribution in [0.5, 0.6) is 0 Å². The number of carbonyl (C=O) groups excluding carboxylic acids is 2. The van der Waals surface area contributed by atoms with Crippen molar-refractivity contribution in [2.45, 2.75) is 32.0 Å². The summed E-state index contributed by atoms with van der Waals surface area (Å²) in [7, 11) is 0. The number of aromatic nitrogens is 2. The third-order valence-corrected chi connectivity index (χ3v) is 6.67. The molecule has 2 heterocycles. The Morgan fingerprint density at radius 1 is 1.15 bits per heavy atom. The van der Waals surface area contributed by atoms with Crippen molar-refractivity contribution in [1.29, 1.82) is 0 Å². The highest BCUT2D eigenvalue weighted by Crippen LogP contribution is 2.49. The molecule has 1 aliphatic carbocycles. The Morgan fingerprint density at radius 2 is 1.94 bits per heavy atom. The number of ketones is 1. The molecule has 1 aliphatic rings. The van der Waals surface area contributed by atoms with E-state index < -0.39 is 17.2 Å². The first-order chi connectivity index (χ1) is 15.7. The SMILES string of the molecule is O=C(CC1(C(=O)NCc2ccc(Nc3ccc(Br)cc3C(F)(F)F)cn2)CC1)c1cncs1. The Hall–Kier alpha value is -2.79. The highest BCUT2D eigenvalue weighted by Gasteiger charge is 2.51. The molecule has 0 atom stereocenters. The van der Waals surface area contributed by atoms with Crippen LogP contribution in [0.3, 0.4) is 0 Å². The van der Waals surface area contributed by atoms with Gasteiger partial charge in [-0.1, -0.05) is 15.9 Å². The second-order valence-corrected chi connectivity index (χ2v) is 9.58. The van der Waals surface area contributed by atoms with E-state index in [1.54, 1.807) is 17.6 Å². The molecule has 1 aromatic carbocycles. The van der Waals surface area contributed by atoms with Crippen molar-refractivity contribution < 1.29 is 22.8 Å². The van der Waals surface area contributed by atoms with Crippen molar-refractivity contribution in [3.63, 3.8) is 0 Å². The van der Waals surface area contributed by atoms with Crippen LogP contribution in [0.25, 0.3) is 0 Å². The van der Waals surface area contributed by atoms with Crippen molar-refractivity contribution in [3.8, 4) is 0 Å². The maximum Gasteiger partial charge on any atom is 0.418 e. The van der Waals surface area contributed by atoms with Gasteiger partial charge in [-0.05, 0) is 43.2 Å². The topological polar surface area (TPSA) is 84.0 Å². The van der Waals surface area contributed by atoms with E-state index >= 15 is 0 Å². The molecule has 0 radical (unpaired) electrons. The van der Waals surface area contributed by atoms with Gasteiger partial charge < -0.3 is 10.6 Å². The van der Waals surface area contributed by atoms with E-state index in [0.29, 0.717) is 33.6 Å². The summed E-state index contributed by atoms with van der Waals surface area (Å²) in [5, 5.41) is 5.55. The van der Waals surface area contributed by atoms with Gasteiger partial charge in [-0.15, -0.1) is 11.3 Å². The van der Waals surface area contributed by atoms with E-state index in [-0.39, 0.29) is 30.3 Å². The van der Waals surface area contributed by atoms with Crippen molar-refractivity contribution in [3.05, 3.63) is 68.8 Å². The lowest BCUT2D eigenvalue weighted by Gasteiger charge is -2.16. The van der Waals surface area contributed by atoms with E-state index in [0.717, 1.165) is 6.07 Å². The summed E-state index contributed by atoms with van der Waals surface area (Å²) >= 11 is 4.31. The molecular formula is C22H18BrF3N4O2S. The van der Waals surface area contributed by atoms with Crippen molar-refractivity contribution in [2.24, 2.45) is 5.41 Å². The normalized spacial score (nSPS) is 14.5. The first-order valence-electron chi connectivity index (χ1n) is 9.95. The molecule has 33 heavy (non-hydrogen) atoms. The number of carbonyl (C=O) groups is 2. The van der Waals surface area contributed by atoms with Gasteiger partial charge >= 0.3 is 6.18 Å². The van der Waals surface area contributed by atoms with E-state index in [9.17, 15) is 22.8 Å². The van der Waals surface area contributed by atoms with Gasteiger partial charge in [0, 0.05) is 17.1 Å². The van der Waals surface area contributed by atoms with Gasteiger partial charge in [-0.2, -0.15) is 13.2 Å². The second kappa shape index (κ2) is 9.22. The van der Waals surface area contributed by atoms with Crippen molar-refractivity contribution >= 4 is 50.3 Å². The molecule has 2 N–H and O–H groups in total. The average Bonchev–Trinajstić information content (AvgIpc) is 3.33. The van der Waals surface area contributed by atoms with Crippen molar-refractivity contribution in [1.82, 2.24) is 15.3 Å². The standard InChI is InChI=1S/C22H18BrF3N4O2S/c23-13-1-4-17(16(7-13)22(24,25)26)30-15-3-2-14(28-10-15)9-29-20(32)21(5-6-21)8-18(31)19-11-27-12-33-19/h1-4,7,10-12,30H,5-6,8-9H2,(H,29,32). The monoisotopic (exact) mass is 538 g/mol. The van der Waals surface area contributed by atoms with Crippen LogP contribution in [0, 0.1) is 5.41 Å². The maximum absolute atomic E-state index is 13.3. The lowest BCUT2D eigenvalue weighted by molar-refractivity contribution is -0.137. The second-order valence-electron chi connectivity index (χ2n) is 7.78. The number of thiazole rings is 1. The summed E-state index contributed by atoms with van der Waals surface area (Å²) in [5.74, 6) is -0.293. The molecule has 1 fully saturated rings. The molecule has 0 aliphatic heterocycles. The number of pyridine rings is 1. The predicted molar refractivity (Wildman–Crippen MR) is 121 cm³/mol. The molecule has 11 heteroatoms.